The number of ether oxygens (including phenoxy) is 1. The number of amides is 1. The van der Waals surface area contributed by atoms with E-state index in [0.717, 1.165) is 5.69 Å². The molecule has 0 fully saturated rings. The number of aryl methyl sites for hydroxylation is 1. The topological polar surface area (TPSA) is 68.3 Å². The molecule has 0 saturated carbocycles. The van der Waals surface area contributed by atoms with E-state index in [1.165, 1.54) is 18.3 Å². The van der Waals surface area contributed by atoms with Gasteiger partial charge in [-0.2, -0.15) is 8.78 Å². The Labute approximate surface area is 106 Å². The van der Waals surface area contributed by atoms with E-state index in [1.54, 1.807) is 12.3 Å². The van der Waals surface area contributed by atoms with E-state index >= 15 is 0 Å². The van der Waals surface area contributed by atoms with Gasteiger partial charge >= 0.3 is 17.8 Å². The van der Waals surface area contributed by atoms with Gasteiger partial charge in [-0.05, 0) is 13.8 Å². The lowest BCUT2D eigenvalue weighted by atomic mass is 10.3. The number of halogens is 2. The fourth-order valence-corrected chi connectivity index (χ4v) is 1.78. The highest BCUT2D eigenvalue weighted by atomic mass is 32.1. The molecule has 0 atom stereocenters. The first-order chi connectivity index (χ1) is 8.37. The summed E-state index contributed by atoms with van der Waals surface area (Å²) in [6.07, 6.45) is 0. The summed E-state index contributed by atoms with van der Waals surface area (Å²) in [5.74, 6) is -7.71. The second-order valence-electron chi connectivity index (χ2n) is 3.36. The minimum atomic E-state index is -4.18. The molecule has 100 valence electrons. The van der Waals surface area contributed by atoms with Gasteiger partial charge in [0.15, 0.2) is 0 Å². The smallest absolute Gasteiger partial charge is 0.418 e. The van der Waals surface area contributed by atoms with Crippen LogP contribution < -0.4 is 5.32 Å². The minimum absolute atomic E-state index is 0.146. The molecule has 1 heterocycles. The van der Waals surface area contributed by atoms with Crippen molar-refractivity contribution >= 4 is 23.2 Å². The Bertz CT molecular complexity index is 448. The summed E-state index contributed by atoms with van der Waals surface area (Å²) in [5, 5.41) is 4.16. The Morgan fingerprint density at radius 3 is 2.72 bits per heavy atom. The molecule has 0 saturated heterocycles. The van der Waals surface area contributed by atoms with Gasteiger partial charge in [0, 0.05) is 11.1 Å². The van der Waals surface area contributed by atoms with Crippen LogP contribution in [-0.4, -0.2) is 29.4 Å². The van der Waals surface area contributed by atoms with Crippen LogP contribution in [0.15, 0.2) is 5.38 Å². The van der Waals surface area contributed by atoms with Crippen LogP contribution in [0, 0.1) is 6.92 Å². The average molecular weight is 278 g/mol. The van der Waals surface area contributed by atoms with Crippen molar-refractivity contribution in [3.8, 4) is 0 Å². The van der Waals surface area contributed by atoms with E-state index in [-0.39, 0.29) is 13.2 Å². The molecular weight excluding hydrogens is 266 g/mol. The molecule has 1 amide bonds. The molecule has 0 aromatic carbocycles. The molecule has 8 heteroatoms. The van der Waals surface area contributed by atoms with E-state index in [9.17, 15) is 18.4 Å². The molecule has 1 N–H and O–H groups in total. The zero-order valence-corrected chi connectivity index (χ0v) is 10.6. The molecule has 18 heavy (non-hydrogen) atoms. The van der Waals surface area contributed by atoms with Gasteiger partial charge in [-0.15, -0.1) is 11.3 Å². The van der Waals surface area contributed by atoms with E-state index in [1.807, 2.05) is 5.32 Å². The van der Waals surface area contributed by atoms with Crippen molar-refractivity contribution in [3.63, 3.8) is 0 Å². The first-order valence-corrected chi connectivity index (χ1v) is 6.00. The quantitative estimate of drug-likeness (QED) is 0.650. The van der Waals surface area contributed by atoms with Crippen LogP contribution in [0.4, 0.5) is 8.78 Å². The van der Waals surface area contributed by atoms with Crippen molar-refractivity contribution in [2.24, 2.45) is 0 Å². The van der Waals surface area contributed by atoms with E-state index in [4.69, 9.17) is 0 Å². The van der Waals surface area contributed by atoms with Crippen LogP contribution in [0.3, 0.4) is 0 Å². The van der Waals surface area contributed by atoms with Crippen molar-refractivity contribution < 1.29 is 23.1 Å². The van der Waals surface area contributed by atoms with Crippen molar-refractivity contribution in [2.45, 2.75) is 26.3 Å². The van der Waals surface area contributed by atoms with Crippen molar-refractivity contribution in [1.29, 1.82) is 0 Å². The average Bonchev–Trinajstić information content (AvgIpc) is 2.72. The molecule has 0 radical (unpaired) electrons. The number of hydrogen-bond acceptors (Lipinski definition) is 5. The maximum absolute atomic E-state index is 13.2. The zero-order chi connectivity index (χ0) is 13.8. The number of carbonyl (C=O) groups is 2. The molecule has 5 nitrogen and oxygen atoms in total. The van der Waals surface area contributed by atoms with Gasteiger partial charge in [-0.1, -0.05) is 0 Å². The number of carbonyl (C=O) groups excluding carboxylic acids is 2. The van der Waals surface area contributed by atoms with E-state index in [0.29, 0.717) is 5.01 Å². The highest BCUT2D eigenvalue weighted by Crippen LogP contribution is 2.16. The van der Waals surface area contributed by atoms with Gasteiger partial charge in [0.05, 0.1) is 13.2 Å². The monoisotopic (exact) mass is 278 g/mol. The molecular formula is C10H12F2N2O3S. The van der Waals surface area contributed by atoms with Crippen LogP contribution in [0.2, 0.25) is 0 Å². The second kappa shape index (κ2) is 5.85. The van der Waals surface area contributed by atoms with Gasteiger partial charge in [-0.3, -0.25) is 4.79 Å². The first kappa shape index (κ1) is 14.5. The molecule has 0 spiro atoms. The molecule has 1 aromatic heterocycles. The van der Waals surface area contributed by atoms with Crippen molar-refractivity contribution in [2.75, 3.05) is 6.61 Å². The lowest BCUT2D eigenvalue weighted by molar-refractivity contribution is -0.177. The molecule has 0 aliphatic rings. The Morgan fingerprint density at radius 1 is 1.56 bits per heavy atom. The largest absolute Gasteiger partial charge is 0.461 e. The summed E-state index contributed by atoms with van der Waals surface area (Å²) in [7, 11) is 0. The summed E-state index contributed by atoms with van der Waals surface area (Å²) in [5.41, 5.74) is 0.737. The van der Waals surface area contributed by atoms with Crippen molar-refractivity contribution in [1.82, 2.24) is 10.3 Å². The number of nitrogens with one attached hydrogen (secondary N) is 1. The van der Waals surface area contributed by atoms with Gasteiger partial charge in [-0.25, -0.2) is 9.78 Å². The number of aromatic nitrogens is 1. The zero-order valence-electron chi connectivity index (χ0n) is 9.83. The van der Waals surface area contributed by atoms with Gasteiger partial charge in [0.25, 0.3) is 0 Å². The maximum atomic E-state index is 13.2. The molecule has 0 aliphatic carbocycles. The SMILES string of the molecule is CCOC(=O)C(F)(F)C(=O)NCc1nc(C)cs1. The summed E-state index contributed by atoms with van der Waals surface area (Å²) in [6, 6.07) is 0. The van der Waals surface area contributed by atoms with Crippen LogP contribution in [0.25, 0.3) is 0 Å². The first-order valence-electron chi connectivity index (χ1n) is 5.12. The molecule has 1 rings (SSSR count). The lowest BCUT2D eigenvalue weighted by Gasteiger charge is -2.13. The van der Waals surface area contributed by atoms with Crippen LogP contribution in [0.1, 0.15) is 17.6 Å². The number of alkyl halides is 2. The highest BCUT2D eigenvalue weighted by molar-refractivity contribution is 7.09. The normalized spacial score (nSPS) is 11.1. The second-order valence-corrected chi connectivity index (χ2v) is 4.30. The lowest BCUT2D eigenvalue weighted by Crippen LogP contribution is -2.46. The van der Waals surface area contributed by atoms with Gasteiger partial charge in [0.1, 0.15) is 5.01 Å². The Hall–Kier alpha value is -1.57. The summed E-state index contributed by atoms with van der Waals surface area (Å²) >= 11 is 1.23. The molecule has 0 bridgehead atoms. The fraction of sp³-hybridized carbons (Fsp3) is 0.500. The third-order valence-electron chi connectivity index (χ3n) is 1.88. The number of rotatable bonds is 5. The van der Waals surface area contributed by atoms with E-state index in [2.05, 4.69) is 9.72 Å². The van der Waals surface area contributed by atoms with Gasteiger partial charge in [0.2, 0.25) is 0 Å². The Balaban J connectivity index is 2.56. The van der Waals surface area contributed by atoms with Gasteiger partial charge < -0.3 is 10.1 Å². The molecule has 0 aliphatic heterocycles. The van der Waals surface area contributed by atoms with Crippen molar-refractivity contribution in [3.05, 3.63) is 16.1 Å². The minimum Gasteiger partial charge on any atom is -0.461 e. The summed E-state index contributed by atoms with van der Waals surface area (Å²) in [6.45, 7) is 2.76. The highest BCUT2D eigenvalue weighted by Gasteiger charge is 2.48. The molecule has 1 aromatic rings. The Morgan fingerprint density at radius 2 is 2.22 bits per heavy atom. The van der Waals surface area contributed by atoms with Crippen LogP contribution in [-0.2, 0) is 20.9 Å². The predicted molar refractivity (Wildman–Crippen MR) is 60.3 cm³/mol. The van der Waals surface area contributed by atoms with Crippen LogP contribution in [0.5, 0.6) is 0 Å². The fourth-order valence-electron chi connectivity index (χ4n) is 1.07. The third-order valence-corrected chi connectivity index (χ3v) is 2.85. The standard InChI is InChI=1S/C10H12F2N2O3S/c1-3-17-9(16)10(11,12)8(15)13-4-7-14-6(2)5-18-7/h5H,3-4H2,1-2H3,(H,13,15). The number of nitrogens with zero attached hydrogens (tertiary/aromatic N) is 1. The number of esters is 1. The number of thiazole rings is 1. The third kappa shape index (κ3) is 3.46. The Kier molecular flexibility index (Phi) is 4.71. The summed E-state index contributed by atoms with van der Waals surface area (Å²) < 4.78 is 30.5. The predicted octanol–water partition coefficient (Wildman–Crippen LogP) is 1.27. The van der Waals surface area contributed by atoms with Crippen LogP contribution >= 0.6 is 11.3 Å². The maximum Gasteiger partial charge on any atom is 0.418 e. The number of hydrogen-bond donors (Lipinski definition) is 1. The van der Waals surface area contributed by atoms with E-state index < -0.39 is 17.8 Å². The molecule has 0 unspecified atom stereocenters. The summed E-state index contributed by atoms with van der Waals surface area (Å²) in [4.78, 5) is 26.0.